The third-order valence-electron chi connectivity index (χ3n) is 4.15. The number of halogens is 3. The molecule has 0 aromatic carbocycles. The standard InChI is InChI=1S/C17H24BrF2N3O2/c1-4-23(3)10-21-15-9-14(18)16(22-11(15)2)24-12-6-5-7-13(8-12)25-17(19)20/h9-10,12-13,17H,4-8H2,1-3H3/t12-,13+/m0/s1. The zero-order valence-electron chi connectivity index (χ0n) is 14.7. The summed E-state index contributed by atoms with van der Waals surface area (Å²) in [6, 6.07) is 1.85. The van der Waals surface area contributed by atoms with E-state index in [4.69, 9.17) is 4.74 Å². The van der Waals surface area contributed by atoms with Gasteiger partial charge in [-0.05, 0) is 55.1 Å². The van der Waals surface area contributed by atoms with Crippen molar-refractivity contribution in [3.63, 3.8) is 0 Å². The van der Waals surface area contributed by atoms with Crippen molar-refractivity contribution >= 4 is 28.0 Å². The average molecular weight is 420 g/mol. The third kappa shape index (κ3) is 6.18. The molecule has 1 heterocycles. The molecule has 0 bridgehead atoms. The fourth-order valence-corrected chi connectivity index (χ4v) is 3.04. The molecule has 140 valence electrons. The maximum absolute atomic E-state index is 12.4. The van der Waals surface area contributed by atoms with E-state index < -0.39 is 12.7 Å². The summed E-state index contributed by atoms with van der Waals surface area (Å²) in [6.07, 6.45) is 3.79. The molecule has 0 radical (unpaired) electrons. The minimum absolute atomic E-state index is 0.179. The molecule has 0 saturated heterocycles. The number of hydrogen-bond acceptors (Lipinski definition) is 4. The molecule has 1 saturated carbocycles. The number of rotatable bonds is 7. The summed E-state index contributed by atoms with van der Waals surface area (Å²) in [5, 5.41) is 0. The summed E-state index contributed by atoms with van der Waals surface area (Å²) >= 11 is 3.46. The molecule has 1 fully saturated rings. The summed E-state index contributed by atoms with van der Waals surface area (Å²) in [4.78, 5) is 10.8. The minimum atomic E-state index is -2.74. The quantitative estimate of drug-likeness (QED) is 0.474. The SMILES string of the molecule is CCN(C)C=Nc1cc(Br)c(O[C@H]2CCC[C@@H](OC(F)F)C2)nc1C. The van der Waals surface area contributed by atoms with Gasteiger partial charge in [-0.2, -0.15) is 8.78 Å². The van der Waals surface area contributed by atoms with E-state index in [1.807, 2.05) is 31.9 Å². The zero-order valence-corrected chi connectivity index (χ0v) is 16.3. The molecule has 2 rings (SSSR count). The van der Waals surface area contributed by atoms with E-state index in [1.165, 1.54) is 0 Å². The lowest BCUT2D eigenvalue weighted by Gasteiger charge is -2.29. The van der Waals surface area contributed by atoms with Crippen LogP contribution in [-0.4, -0.2) is 48.6 Å². The molecule has 5 nitrogen and oxygen atoms in total. The van der Waals surface area contributed by atoms with Gasteiger partial charge in [0.25, 0.3) is 0 Å². The molecule has 1 aliphatic carbocycles. The van der Waals surface area contributed by atoms with Crippen LogP contribution in [0.5, 0.6) is 5.88 Å². The number of aryl methyl sites for hydroxylation is 1. The Morgan fingerprint density at radius 2 is 2.16 bits per heavy atom. The predicted octanol–water partition coefficient (Wildman–Crippen LogP) is 4.69. The Morgan fingerprint density at radius 3 is 2.84 bits per heavy atom. The molecule has 25 heavy (non-hydrogen) atoms. The summed E-state index contributed by atoms with van der Waals surface area (Å²) in [7, 11) is 1.94. The van der Waals surface area contributed by atoms with Crippen LogP contribution in [0.1, 0.15) is 38.3 Å². The first-order valence-electron chi connectivity index (χ1n) is 8.40. The molecule has 0 unspecified atom stereocenters. The van der Waals surface area contributed by atoms with Gasteiger partial charge in [-0.1, -0.05) is 0 Å². The third-order valence-corrected chi connectivity index (χ3v) is 4.72. The Labute approximate surface area is 155 Å². The van der Waals surface area contributed by atoms with Gasteiger partial charge in [0.2, 0.25) is 5.88 Å². The van der Waals surface area contributed by atoms with E-state index in [2.05, 4.69) is 30.6 Å². The summed E-state index contributed by atoms with van der Waals surface area (Å²) in [5.41, 5.74) is 1.50. The van der Waals surface area contributed by atoms with Crippen LogP contribution in [0.25, 0.3) is 0 Å². The lowest BCUT2D eigenvalue weighted by Crippen LogP contribution is -2.31. The number of aliphatic imine (C=N–C) groups is 1. The number of nitrogens with zero attached hydrogens (tertiary/aromatic N) is 3. The maximum atomic E-state index is 12.4. The predicted molar refractivity (Wildman–Crippen MR) is 96.9 cm³/mol. The van der Waals surface area contributed by atoms with Crippen molar-refractivity contribution in [3.05, 3.63) is 16.2 Å². The molecule has 0 spiro atoms. The fourth-order valence-electron chi connectivity index (χ4n) is 2.64. The van der Waals surface area contributed by atoms with Crippen molar-refractivity contribution in [3.8, 4) is 5.88 Å². The molecule has 0 aliphatic heterocycles. The van der Waals surface area contributed by atoms with Crippen LogP contribution in [0.4, 0.5) is 14.5 Å². The van der Waals surface area contributed by atoms with Gasteiger partial charge in [-0.25, -0.2) is 9.98 Å². The highest BCUT2D eigenvalue weighted by atomic mass is 79.9. The van der Waals surface area contributed by atoms with Crippen molar-refractivity contribution in [2.24, 2.45) is 4.99 Å². The smallest absolute Gasteiger partial charge is 0.345 e. The van der Waals surface area contributed by atoms with Crippen molar-refractivity contribution < 1.29 is 18.3 Å². The molecular formula is C17H24BrF2N3O2. The van der Waals surface area contributed by atoms with Gasteiger partial charge in [-0.3, -0.25) is 0 Å². The van der Waals surface area contributed by atoms with Crippen LogP contribution in [0.2, 0.25) is 0 Å². The summed E-state index contributed by atoms with van der Waals surface area (Å²) < 4.78 is 36.0. The fraction of sp³-hybridized carbons (Fsp3) is 0.647. The molecular weight excluding hydrogens is 396 g/mol. The highest BCUT2D eigenvalue weighted by molar-refractivity contribution is 9.10. The first-order chi connectivity index (χ1) is 11.9. The van der Waals surface area contributed by atoms with Gasteiger partial charge in [0.05, 0.1) is 28.3 Å². The van der Waals surface area contributed by atoms with Crippen LogP contribution < -0.4 is 4.74 Å². The minimum Gasteiger partial charge on any atom is -0.473 e. The Morgan fingerprint density at radius 1 is 1.44 bits per heavy atom. The van der Waals surface area contributed by atoms with E-state index >= 15 is 0 Å². The van der Waals surface area contributed by atoms with Crippen molar-refractivity contribution in [1.29, 1.82) is 0 Å². The Bertz CT molecular complexity index is 602. The van der Waals surface area contributed by atoms with Crippen LogP contribution >= 0.6 is 15.9 Å². The molecule has 2 atom stereocenters. The van der Waals surface area contributed by atoms with Gasteiger partial charge in [0, 0.05) is 20.0 Å². The monoisotopic (exact) mass is 419 g/mol. The summed E-state index contributed by atoms with van der Waals surface area (Å²) in [6.45, 7) is 2.02. The largest absolute Gasteiger partial charge is 0.473 e. The number of aromatic nitrogens is 1. The highest BCUT2D eigenvalue weighted by Crippen LogP contribution is 2.33. The van der Waals surface area contributed by atoms with Crippen molar-refractivity contribution in [1.82, 2.24) is 9.88 Å². The van der Waals surface area contributed by atoms with Gasteiger partial charge < -0.3 is 14.4 Å². The number of ether oxygens (including phenoxy) is 2. The van der Waals surface area contributed by atoms with Gasteiger partial charge >= 0.3 is 6.61 Å². The molecule has 0 N–H and O–H groups in total. The molecule has 1 aromatic rings. The lowest BCUT2D eigenvalue weighted by atomic mass is 9.95. The Hall–Kier alpha value is -1.28. The van der Waals surface area contributed by atoms with E-state index in [1.54, 1.807) is 6.34 Å². The van der Waals surface area contributed by atoms with E-state index in [0.29, 0.717) is 23.2 Å². The second-order valence-electron chi connectivity index (χ2n) is 6.12. The first-order valence-corrected chi connectivity index (χ1v) is 9.20. The van der Waals surface area contributed by atoms with Gasteiger partial charge in [0.15, 0.2) is 0 Å². The van der Waals surface area contributed by atoms with Gasteiger partial charge in [-0.15, -0.1) is 0 Å². The first kappa shape index (κ1) is 20.0. The van der Waals surface area contributed by atoms with Crippen LogP contribution in [0.3, 0.4) is 0 Å². The average Bonchev–Trinajstić information content (AvgIpc) is 2.56. The van der Waals surface area contributed by atoms with E-state index in [9.17, 15) is 8.78 Å². The normalized spacial score (nSPS) is 21.1. The van der Waals surface area contributed by atoms with E-state index in [-0.39, 0.29) is 6.10 Å². The number of alkyl halides is 2. The van der Waals surface area contributed by atoms with Crippen molar-refractivity contribution in [2.45, 2.75) is 58.4 Å². The van der Waals surface area contributed by atoms with Crippen LogP contribution in [0, 0.1) is 6.92 Å². The molecule has 1 aromatic heterocycles. The zero-order chi connectivity index (χ0) is 18.4. The Balaban J connectivity index is 2.05. The summed E-state index contributed by atoms with van der Waals surface area (Å²) in [5.74, 6) is 0.461. The van der Waals surface area contributed by atoms with Crippen LogP contribution in [0.15, 0.2) is 15.5 Å². The van der Waals surface area contributed by atoms with E-state index in [0.717, 1.165) is 30.8 Å². The second-order valence-corrected chi connectivity index (χ2v) is 6.98. The molecule has 0 amide bonds. The topological polar surface area (TPSA) is 47.0 Å². The number of pyridine rings is 1. The van der Waals surface area contributed by atoms with Crippen LogP contribution in [-0.2, 0) is 4.74 Å². The Kier molecular flexibility index (Phi) is 7.56. The van der Waals surface area contributed by atoms with Gasteiger partial charge in [0.1, 0.15) is 6.10 Å². The highest BCUT2D eigenvalue weighted by Gasteiger charge is 2.27. The lowest BCUT2D eigenvalue weighted by molar-refractivity contribution is -0.175. The molecule has 1 aliphatic rings. The van der Waals surface area contributed by atoms with Crippen molar-refractivity contribution in [2.75, 3.05) is 13.6 Å². The maximum Gasteiger partial charge on any atom is 0.345 e. The molecule has 8 heteroatoms. The second kappa shape index (κ2) is 9.43. The number of hydrogen-bond donors (Lipinski definition) is 0.